The molecule has 0 bridgehead atoms. The van der Waals surface area contributed by atoms with Crippen LogP contribution in [-0.2, 0) is 14.3 Å². The molecule has 2 N–H and O–H groups in total. The van der Waals surface area contributed by atoms with Crippen molar-refractivity contribution in [3.8, 4) is 11.1 Å². The molecule has 0 aromatic heterocycles. The highest BCUT2D eigenvalue weighted by Crippen LogP contribution is 2.44. The minimum absolute atomic E-state index is 0.0304. The molecule has 1 aliphatic heterocycles. The van der Waals surface area contributed by atoms with E-state index in [1.165, 1.54) is 0 Å². The molecule has 2 aromatic carbocycles. The predicted octanol–water partition coefficient (Wildman–Crippen LogP) is 3.77. The van der Waals surface area contributed by atoms with E-state index in [0.717, 1.165) is 35.1 Å². The highest BCUT2D eigenvalue weighted by Gasteiger charge is 2.33. The quantitative estimate of drug-likeness (QED) is 0.689. The van der Waals surface area contributed by atoms with Crippen molar-refractivity contribution in [2.45, 2.75) is 50.6 Å². The van der Waals surface area contributed by atoms with Crippen molar-refractivity contribution in [3.63, 3.8) is 0 Å². The summed E-state index contributed by atoms with van der Waals surface area (Å²) in [5.74, 6) is -1.11. The molecule has 1 unspecified atom stereocenters. The van der Waals surface area contributed by atoms with Gasteiger partial charge in [0.2, 0.25) is 5.91 Å². The standard InChI is InChI=1S/C25H28N2O5/c1-16(24(30)27-14-6-7-17(27)12-13-23(28)29)26-25(31)32-15-22-20-10-4-2-8-18(20)19-9-3-5-11-21(19)22/h2-5,8-11,16-17,22H,6-7,12-15H2,1H3,(H,26,31)(H,28,29)/t16-,17?/m1/s1. The number of aliphatic carboxylic acids is 1. The van der Waals surface area contributed by atoms with Crippen molar-refractivity contribution in [3.05, 3.63) is 59.7 Å². The van der Waals surface area contributed by atoms with E-state index in [-0.39, 0.29) is 30.9 Å². The van der Waals surface area contributed by atoms with Crippen molar-refractivity contribution in [2.24, 2.45) is 0 Å². The number of fused-ring (bicyclic) bond motifs is 3. The minimum Gasteiger partial charge on any atom is -0.481 e. The van der Waals surface area contributed by atoms with Crippen molar-refractivity contribution in [1.82, 2.24) is 10.2 Å². The number of carbonyl (C=O) groups excluding carboxylic acids is 2. The van der Waals surface area contributed by atoms with Crippen LogP contribution in [0.25, 0.3) is 11.1 Å². The van der Waals surface area contributed by atoms with Crippen LogP contribution in [0.3, 0.4) is 0 Å². The molecule has 168 valence electrons. The second-order valence-corrected chi connectivity index (χ2v) is 8.45. The monoisotopic (exact) mass is 436 g/mol. The Morgan fingerprint density at radius 3 is 2.34 bits per heavy atom. The normalized spacial score (nSPS) is 18.0. The van der Waals surface area contributed by atoms with E-state index >= 15 is 0 Å². The molecule has 1 heterocycles. The van der Waals surface area contributed by atoms with Crippen LogP contribution in [0.1, 0.15) is 49.7 Å². The Morgan fingerprint density at radius 2 is 1.72 bits per heavy atom. The van der Waals surface area contributed by atoms with Gasteiger partial charge in [0.05, 0.1) is 0 Å². The summed E-state index contributed by atoms with van der Waals surface area (Å²) < 4.78 is 5.53. The lowest BCUT2D eigenvalue weighted by Gasteiger charge is -2.27. The second-order valence-electron chi connectivity index (χ2n) is 8.45. The molecule has 4 rings (SSSR count). The number of amides is 2. The van der Waals surface area contributed by atoms with Crippen LogP contribution in [0.5, 0.6) is 0 Å². The number of hydrogen-bond acceptors (Lipinski definition) is 4. The van der Waals surface area contributed by atoms with Gasteiger partial charge in [0, 0.05) is 24.9 Å². The lowest BCUT2D eigenvalue weighted by Crippen LogP contribution is -2.48. The van der Waals surface area contributed by atoms with Gasteiger partial charge in [0.1, 0.15) is 12.6 Å². The topological polar surface area (TPSA) is 95.9 Å². The van der Waals surface area contributed by atoms with Crippen LogP contribution in [0.2, 0.25) is 0 Å². The Kier molecular flexibility index (Phi) is 6.44. The van der Waals surface area contributed by atoms with E-state index in [1.54, 1.807) is 11.8 Å². The zero-order valence-electron chi connectivity index (χ0n) is 18.1. The molecule has 2 atom stereocenters. The number of carbonyl (C=O) groups is 3. The number of hydrogen-bond donors (Lipinski definition) is 2. The van der Waals surface area contributed by atoms with Gasteiger partial charge in [0.15, 0.2) is 0 Å². The van der Waals surface area contributed by atoms with Crippen LogP contribution in [0.4, 0.5) is 4.79 Å². The molecule has 1 saturated heterocycles. The minimum atomic E-state index is -0.867. The second kappa shape index (κ2) is 9.42. The number of rotatable bonds is 7. The summed E-state index contributed by atoms with van der Waals surface area (Å²) in [6.45, 7) is 2.40. The van der Waals surface area contributed by atoms with Crippen molar-refractivity contribution in [1.29, 1.82) is 0 Å². The van der Waals surface area contributed by atoms with Gasteiger partial charge in [0.25, 0.3) is 0 Å². The fraction of sp³-hybridized carbons (Fsp3) is 0.400. The maximum atomic E-state index is 12.8. The van der Waals surface area contributed by atoms with Gasteiger partial charge >= 0.3 is 12.1 Å². The van der Waals surface area contributed by atoms with Crippen LogP contribution in [0, 0.1) is 0 Å². The van der Waals surface area contributed by atoms with Gasteiger partial charge in [-0.1, -0.05) is 48.5 Å². The SMILES string of the molecule is C[C@@H](NC(=O)OCC1c2ccccc2-c2ccccc21)C(=O)N1CCCC1CCC(=O)O. The fourth-order valence-electron chi connectivity index (χ4n) is 4.84. The van der Waals surface area contributed by atoms with E-state index in [2.05, 4.69) is 29.6 Å². The number of carboxylic acids is 1. The number of likely N-dealkylation sites (tertiary alicyclic amines) is 1. The van der Waals surface area contributed by atoms with E-state index in [9.17, 15) is 14.4 Å². The van der Waals surface area contributed by atoms with Gasteiger partial charge in [-0.25, -0.2) is 4.79 Å². The summed E-state index contributed by atoms with van der Waals surface area (Å²) in [6, 6.07) is 15.4. The van der Waals surface area contributed by atoms with Gasteiger partial charge in [-0.15, -0.1) is 0 Å². The first-order valence-corrected chi connectivity index (χ1v) is 11.1. The third-order valence-corrected chi connectivity index (χ3v) is 6.40. The molecule has 2 aliphatic rings. The maximum absolute atomic E-state index is 12.8. The average molecular weight is 437 g/mol. The zero-order chi connectivity index (χ0) is 22.7. The van der Waals surface area contributed by atoms with E-state index in [4.69, 9.17) is 9.84 Å². The molecule has 7 heteroatoms. The van der Waals surface area contributed by atoms with Crippen molar-refractivity contribution >= 4 is 18.0 Å². The number of benzene rings is 2. The average Bonchev–Trinajstić information content (AvgIpc) is 3.38. The molecule has 1 aliphatic carbocycles. The Balaban J connectivity index is 1.34. The Hall–Kier alpha value is -3.35. The number of alkyl carbamates (subject to hydrolysis) is 1. The number of nitrogens with zero attached hydrogens (tertiary/aromatic N) is 1. The fourth-order valence-corrected chi connectivity index (χ4v) is 4.84. The highest BCUT2D eigenvalue weighted by molar-refractivity contribution is 5.86. The van der Waals surface area contributed by atoms with E-state index in [1.807, 2.05) is 24.3 Å². The number of nitrogens with one attached hydrogen (secondary N) is 1. The van der Waals surface area contributed by atoms with Gasteiger partial charge < -0.3 is 20.1 Å². The molecule has 32 heavy (non-hydrogen) atoms. The summed E-state index contributed by atoms with van der Waals surface area (Å²) in [5, 5.41) is 11.6. The van der Waals surface area contributed by atoms with Gasteiger partial charge in [-0.2, -0.15) is 0 Å². The summed E-state index contributed by atoms with van der Waals surface area (Å²) in [4.78, 5) is 37.9. The smallest absolute Gasteiger partial charge is 0.407 e. The number of carboxylic acid groups (broad SMARTS) is 1. The molecule has 1 fully saturated rings. The zero-order valence-corrected chi connectivity index (χ0v) is 18.1. The van der Waals surface area contributed by atoms with Gasteiger partial charge in [-0.3, -0.25) is 9.59 Å². The van der Waals surface area contributed by atoms with Crippen molar-refractivity contribution < 1.29 is 24.2 Å². The molecule has 2 amide bonds. The first kappa shape index (κ1) is 21.9. The molecular weight excluding hydrogens is 408 g/mol. The third-order valence-electron chi connectivity index (χ3n) is 6.40. The molecule has 0 radical (unpaired) electrons. The summed E-state index contributed by atoms with van der Waals surface area (Å²) in [7, 11) is 0. The van der Waals surface area contributed by atoms with Gasteiger partial charge in [-0.05, 0) is 48.4 Å². The Labute approximate surface area is 187 Å². The molecule has 2 aromatic rings. The van der Waals surface area contributed by atoms with Crippen LogP contribution < -0.4 is 5.32 Å². The van der Waals surface area contributed by atoms with Crippen LogP contribution >= 0.6 is 0 Å². The Morgan fingerprint density at radius 1 is 1.09 bits per heavy atom. The maximum Gasteiger partial charge on any atom is 0.407 e. The summed E-state index contributed by atoms with van der Waals surface area (Å²) >= 11 is 0. The Bertz CT molecular complexity index is 975. The summed E-state index contributed by atoms with van der Waals surface area (Å²) in [6.07, 6.45) is 1.46. The number of ether oxygens (including phenoxy) is 1. The first-order valence-electron chi connectivity index (χ1n) is 11.1. The predicted molar refractivity (Wildman–Crippen MR) is 119 cm³/mol. The first-order chi connectivity index (χ1) is 15.5. The summed E-state index contributed by atoms with van der Waals surface area (Å²) in [5.41, 5.74) is 4.57. The third kappa shape index (κ3) is 4.47. The molecule has 0 saturated carbocycles. The molecular formula is C25H28N2O5. The van der Waals surface area contributed by atoms with Crippen LogP contribution in [-0.4, -0.2) is 53.2 Å². The van der Waals surface area contributed by atoms with E-state index in [0.29, 0.717) is 13.0 Å². The van der Waals surface area contributed by atoms with Crippen molar-refractivity contribution in [2.75, 3.05) is 13.2 Å². The lowest BCUT2D eigenvalue weighted by molar-refractivity contribution is -0.139. The highest BCUT2D eigenvalue weighted by atomic mass is 16.5. The van der Waals surface area contributed by atoms with Crippen LogP contribution in [0.15, 0.2) is 48.5 Å². The lowest BCUT2D eigenvalue weighted by atomic mass is 9.98. The largest absolute Gasteiger partial charge is 0.481 e. The van der Waals surface area contributed by atoms with E-state index < -0.39 is 18.1 Å². The molecule has 7 nitrogen and oxygen atoms in total. The molecule has 0 spiro atoms.